The lowest BCUT2D eigenvalue weighted by molar-refractivity contribution is 0.0957. The van der Waals surface area contributed by atoms with Gasteiger partial charge in [0.25, 0.3) is 5.91 Å². The van der Waals surface area contributed by atoms with Crippen LogP contribution in [0.1, 0.15) is 33.5 Å². The van der Waals surface area contributed by atoms with E-state index in [2.05, 4.69) is 5.32 Å². The van der Waals surface area contributed by atoms with E-state index in [1.807, 2.05) is 24.8 Å². The summed E-state index contributed by atoms with van der Waals surface area (Å²) >= 11 is 9.42. The van der Waals surface area contributed by atoms with E-state index in [1.54, 1.807) is 11.3 Å². The average Bonchev–Trinajstić information content (AvgIpc) is 2.71. The third kappa shape index (κ3) is 3.63. The van der Waals surface area contributed by atoms with Crippen molar-refractivity contribution in [3.8, 4) is 0 Å². The van der Waals surface area contributed by atoms with E-state index in [1.165, 1.54) is 16.2 Å². The Balaban J connectivity index is 1.92. The molecule has 5 heteroatoms. The van der Waals surface area contributed by atoms with Crippen molar-refractivity contribution in [3.05, 3.63) is 21.4 Å². The Hall–Kier alpha value is -0.190. The first kappa shape index (κ1) is 13.2. The first-order chi connectivity index (χ1) is 8.16. The third-order valence-corrected chi connectivity index (χ3v) is 5.14. The fourth-order valence-corrected chi connectivity index (χ4v) is 4.13. The lowest BCUT2D eigenvalue weighted by atomic mass is 10.2. The monoisotopic (exact) mass is 289 g/mol. The molecule has 1 aromatic rings. The fourth-order valence-electron chi connectivity index (χ4n) is 1.73. The number of halogens is 1. The Morgan fingerprint density at radius 2 is 2.47 bits per heavy atom. The molecule has 0 saturated heterocycles. The summed E-state index contributed by atoms with van der Waals surface area (Å²) in [5.41, 5.74) is 1.35. The molecule has 0 aliphatic carbocycles. The van der Waals surface area contributed by atoms with Crippen LogP contribution in [0, 0.1) is 0 Å². The van der Waals surface area contributed by atoms with E-state index in [9.17, 15) is 4.79 Å². The number of amides is 1. The highest BCUT2D eigenvalue weighted by Crippen LogP contribution is 2.31. The van der Waals surface area contributed by atoms with Crippen LogP contribution in [0.15, 0.2) is 6.07 Å². The number of aryl methyl sites for hydroxylation is 1. The van der Waals surface area contributed by atoms with E-state index in [0.29, 0.717) is 6.54 Å². The molecule has 1 aliphatic rings. The first-order valence-electron chi connectivity index (χ1n) is 5.78. The Kier molecular flexibility index (Phi) is 4.77. The second-order valence-corrected chi connectivity index (χ2v) is 7.17. The van der Waals surface area contributed by atoms with Crippen LogP contribution >= 0.6 is 34.7 Å². The van der Waals surface area contributed by atoms with Crippen molar-refractivity contribution in [1.82, 2.24) is 5.32 Å². The van der Waals surface area contributed by atoms with Crippen LogP contribution in [0.4, 0.5) is 0 Å². The zero-order valence-electron chi connectivity index (χ0n) is 9.79. The Morgan fingerprint density at radius 1 is 1.65 bits per heavy atom. The molecule has 0 bridgehead atoms. The SMILES string of the molecule is CC(Cl)CCNC(=O)c1cc2c(s1)CCSC2. The predicted molar refractivity (Wildman–Crippen MR) is 76.5 cm³/mol. The molecule has 0 saturated carbocycles. The topological polar surface area (TPSA) is 29.1 Å². The maximum absolute atomic E-state index is 11.9. The summed E-state index contributed by atoms with van der Waals surface area (Å²) in [4.78, 5) is 14.1. The molecular formula is C12H16ClNOS2. The molecule has 0 radical (unpaired) electrons. The van der Waals surface area contributed by atoms with E-state index in [4.69, 9.17) is 11.6 Å². The van der Waals surface area contributed by atoms with Crippen molar-refractivity contribution in [2.24, 2.45) is 0 Å². The van der Waals surface area contributed by atoms with E-state index in [-0.39, 0.29) is 11.3 Å². The number of hydrogen-bond acceptors (Lipinski definition) is 3. The van der Waals surface area contributed by atoms with Crippen LogP contribution in [-0.2, 0) is 12.2 Å². The molecule has 1 aliphatic heterocycles. The summed E-state index contributed by atoms with van der Waals surface area (Å²) in [7, 11) is 0. The molecule has 2 nitrogen and oxygen atoms in total. The Morgan fingerprint density at radius 3 is 3.18 bits per heavy atom. The van der Waals surface area contributed by atoms with Crippen molar-refractivity contribution < 1.29 is 4.79 Å². The number of rotatable bonds is 4. The lowest BCUT2D eigenvalue weighted by Gasteiger charge is -2.08. The number of carbonyl (C=O) groups is 1. The number of alkyl halides is 1. The van der Waals surface area contributed by atoms with Gasteiger partial charge in [-0.25, -0.2) is 0 Å². The zero-order chi connectivity index (χ0) is 12.3. The highest BCUT2D eigenvalue weighted by molar-refractivity contribution is 7.98. The number of thioether (sulfide) groups is 1. The number of nitrogens with one attached hydrogen (secondary N) is 1. The van der Waals surface area contributed by atoms with E-state index >= 15 is 0 Å². The van der Waals surface area contributed by atoms with E-state index in [0.717, 1.165) is 23.5 Å². The summed E-state index contributed by atoms with van der Waals surface area (Å²) in [6.45, 7) is 2.59. The maximum atomic E-state index is 11.9. The van der Waals surface area contributed by atoms with Crippen LogP contribution in [0.2, 0.25) is 0 Å². The average molecular weight is 290 g/mol. The fraction of sp³-hybridized carbons (Fsp3) is 0.583. The third-order valence-electron chi connectivity index (χ3n) is 2.68. The number of hydrogen-bond donors (Lipinski definition) is 1. The first-order valence-corrected chi connectivity index (χ1v) is 8.19. The van der Waals surface area contributed by atoms with Crippen LogP contribution in [-0.4, -0.2) is 23.6 Å². The minimum atomic E-state index is 0.0479. The molecule has 1 unspecified atom stereocenters. The molecule has 0 fully saturated rings. The number of thiophene rings is 1. The van der Waals surface area contributed by atoms with Gasteiger partial charge in [0.1, 0.15) is 0 Å². The van der Waals surface area contributed by atoms with Gasteiger partial charge in [0.15, 0.2) is 0 Å². The molecule has 1 N–H and O–H groups in total. The van der Waals surface area contributed by atoms with Crippen molar-refractivity contribution in [1.29, 1.82) is 0 Å². The smallest absolute Gasteiger partial charge is 0.261 e. The molecule has 1 amide bonds. The minimum absolute atomic E-state index is 0.0479. The van der Waals surface area contributed by atoms with Gasteiger partial charge in [-0.15, -0.1) is 22.9 Å². The van der Waals surface area contributed by atoms with Gasteiger partial charge >= 0.3 is 0 Å². The normalized spacial score (nSPS) is 16.4. The standard InChI is InChI=1S/C12H16ClNOS2/c1-8(13)2-4-14-12(15)11-6-9-7-16-5-3-10(9)17-11/h6,8H,2-5,7H2,1H3,(H,14,15). The molecule has 2 rings (SSSR count). The van der Waals surface area contributed by atoms with Crippen LogP contribution in [0.25, 0.3) is 0 Å². The highest BCUT2D eigenvalue weighted by Gasteiger charge is 2.17. The van der Waals surface area contributed by atoms with Crippen molar-refractivity contribution >= 4 is 40.6 Å². The van der Waals surface area contributed by atoms with Gasteiger partial charge in [0, 0.05) is 22.6 Å². The van der Waals surface area contributed by atoms with E-state index < -0.39 is 0 Å². The molecule has 2 heterocycles. The molecular weight excluding hydrogens is 274 g/mol. The van der Waals surface area contributed by atoms with Crippen LogP contribution in [0.3, 0.4) is 0 Å². The molecule has 0 spiro atoms. The maximum Gasteiger partial charge on any atom is 0.261 e. The molecule has 17 heavy (non-hydrogen) atoms. The Labute approximate surface area is 115 Å². The predicted octanol–water partition coefficient (Wildman–Crippen LogP) is 3.28. The van der Waals surface area contributed by atoms with Gasteiger partial charge in [-0.05, 0) is 37.1 Å². The quantitative estimate of drug-likeness (QED) is 0.862. The summed E-state index contributed by atoms with van der Waals surface area (Å²) < 4.78 is 0. The zero-order valence-corrected chi connectivity index (χ0v) is 12.2. The minimum Gasteiger partial charge on any atom is -0.351 e. The molecule has 1 aromatic heterocycles. The van der Waals surface area contributed by atoms with Gasteiger partial charge in [0.05, 0.1) is 4.88 Å². The van der Waals surface area contributed by atoms with Gasteiger partial charge in [-0.3, -0.25) is 4.79 Å². The number of carbonyl (C=O) groups excluding carboxylic acids is 1. The van der Waals surface area contributed by atoms with Crippen molar-refractivity contribution in [3.63, 3.8) is 0 Å². The molecule has 94 valence electrons. The summed E-state index contributed by atoms with van der Waals surface area (Å²) in [5.74, 6) is 2.28. The lowest BCUT2D eigenvalue weighted by Crippen LogP contribution is -2.24. The van der Waals surface area contributed by atoms with Crippen LogP contribution in [0.5, 0.6) is 0 Å². The molecule has 0 aromatic carbocycles. The second kappa shape index (κ2) is 6.12. The van der Waals surface area contributed by atoms with Crippen LogP contribution < -0.4 is 5.32 Å². The second-order valence-electron chi connectivity index (χ2n) is 4.19. The number of fused-ring (bicyclic) bond motifs is 1. The summed E-state index contributed by atoms with van der Waals surface area (Å²) in [5, 5.41) is 3.03. The largest absolute Gasteiger partial charge is 0.351 e. The van der Waals surface area contributed by atoms with Crippen molar-refractivity contribution in [2.45, 2.75) is 30.9 Å². The van der Waals surface area contributed by atoms with Gasteiger partial charge in [0.2, 0.25) is 0 Å². The molecule has 1 atom stereocenters. The highest BCUT2D eigenvalue weighted by atomic mass is 35.5. The van der Waals surface area contributed by atoms with Crippen molar-refractivity contribution in [2.75, 3.05) is 12.3 Å². The Bertz CT molecular complexity index is 380. The summed E-state index contributed by atoms with van der Waals surface area (Å²) in [6.07, 6.45) is 1.92. The summed E-state index contributed by atoms with van der Waals surface area (Å²) in [6, 6.07) is 2.05. The van der Waals surface area contributed by atoms with Gasteiger partial charge in [-0.2, -0.15) is 11.8 Å². The van der Waals surface area contributed by atoms with Gasteiger partial charge in [-0.1, -0.05) is 0 Å². The van der Waals surface area contributed by atoms with Gasteiger partial charge < -0.3 is 5.32 Å².